The van der Waals surface area contributed by atoms with Crippen LogP contribution in [0.5, 0.6) is 11.5 Å². The van der Waals surface area contributed by atoms with Crippen molar-refractivity contribution in [3.8, 4) is 11.5 Å². The van der Waals surface area contributed by atoms with Crippen molar-refractivity contribution >= 4 is 33.0 Å². The lowest BCUT2D eigenvalue weighted by Crippen LogP contribution is -2.42. The number of hydrogen-bond donors (Lipinski definition) is 0. The van der Waals surface area contributed by atoms with Gasteiger partial charge in [-0.15, -0.1) is 11.6 Å². The number of halogens is 1. The maximum atomic E-state index is 12.2. The molecule has 0 radical (unpaired) electrons. The maximum absolute atomic E-state index is 12.2. The first-order valence-electron chi connectivity index (χ1n) is 6.98. The number of rotatable bonds is 3. The average Bonchev–Trinajstić information content (AvgIpc) is 2.87. The second-order valence-electron chi connectivity index (χ2n) is 5.28. The van der Waals surface area contributed by atoms with Crippen LogP contribution in [0.1, 0.15) is 6.42 Å². The average molecular weight is 346 g/mol. The number of benzene rings is 1. The smallest absolute Gasteiger partial charge is 0.242 e. The predicted octanol–water partition coefficient (Wildman–Crippen LogP) is 1.22. The number of alkyl halides is 1. The molecular weight excluding hydrogens is 330 g/mol. The summed E-state index contributed by atoms with van der Waals surface area (Å²) >= 11 is 5.69. The number of fused-ring (bicyclic) bond motifs is 1. The first kappa shape index (κ1) is 15.4. The highest BCUT2D eigenvalue weighted by Crippen LogP contribution is 2.35. The molecule has 3 rings (SSSR count). The Balaban J connectivity index is 1.94. The molecule has 1 saturated heterocycles. The van der Waals surface area contributed by atoms with Gasteiger partial charge >= 0.3 is 0 Å². The largest absolute Gasteiger partial charge is 0.486 e. The summed E-state index contributed by atoms with van der Waals surface area (Å²) in [5.41, 5.74) is 0.581. The zero-order valence-electron chi connectivity index (χ0n) is 11.8. The summed E-state index contributed by atoms with van der Waals surface area (Å²) in [5, 5.41) is 0. The minimum atomic E-state index is -3.10. The molecule has 22 heavy (non-hydrogen) atoms. The van der Waals surface area contributed by atoms with Gasteiger partial charge in [0, 0.05) is 11.8 Å². The summed E-state index contributed by atoms with van der Waals surface area (Å²) in [6.45, 7) is 0.926. The molecule has 0 aliphatic carbocycles. The summed E-state index contributed by atoms with van der Waals surface area (Å²) in [7, 11) is -3.10. The van der Waals surface area contributed by atoms with E-state index in [1.807, 2.05) is 0 Å². The molecule has 0 unspecified atom stereocenters. The molecule has 1 aromatic carbocycles. The third kappa shape index (κ3) is 3.01. The lowest BCUT2D eigenvalue weighted by molar-refractivity contribution is -0.116. The zero-order valence-corrected chi connectivity index (χ0v) is 13.4. The van der Waals surface area contributed by atoms with Gasteiger partial charge in [0.1, 0.15) is 19.1 Å². The van der Waals surface area contributed by atoms with Crippen molar-refractivity contribution in [1.29, 1.82) is 0 Å². The summed E-state index contributed by atoms with van der Waals surface area (Å²) in [4.78, 5) is 13.7. The Hall–Kier alpha value is -1.47. The molecule has 0 N–H and O–H groups in total. The molecule has 2 heterocycles. The van der Waals surface area contributed by atoms with Gasteiger partial charge in [-0.25, -0.2) is 8.42 Å². The topological polar surface area (TPSA) is 72.9 Å². The SMILES string of the molecule is O=C(CCl)N(c1ccc2c(c1)OCCO2)[C@H]1CCS(=O)(=O)C1. The molecule has 120 valence electrons. The van der Waals surface area contributed by atoms with Crippen molar-refractivity contribution in [2.45, 2.75) is 12.5 Å². The van der Waals surface area contributed by atoms with Crippen molar-refractivity contribution in [3.05, 3.63) is 18.2 Å². The highest BCUT2D eigenvalue weighted by atomic mass is 35.5. The number of sulfone groups is 1. The highest BCUT2D eigenvalue weighted by molar-refractivity contribution is 7.91. The Labute approximate surface area is 133 Å². The molecule has 0 saturated carbocycles. The number of ether oxygens (including phenoxy) is 2. The highest BCUT2D eigenvalue weighted by Gasteiger charge is 2.35. The fourth-order valence-corrected chi connectivity index (χ4v) is 4.61. The normalized spacial score (nSPS) is 22.3. The van der Waals surface area contributed by atoms with Crippen LogP contribution in [0.2, 0.25) is 0 Å². The van der Waals surface area contributed by atoms with Crippen LogP contribution in [0.3, 0.4) is 0 Å². The van der Waals surface area contributed by atoms with Crippen molar-refractivity contribution in [2.24, 2.45) is 0 Å². The van der Waals surface area contributed by atoms with Crippen LogP contribution in [0.25, 0.3) is 0 Å². The number of carbonyl (C=O) groups excluding carboxylic acids is 1. The van der Waals surface area contributed by atoms with Gasteiger partial charge < -0.3 is 14.4 Å². The number of anilines is 1. The lowest BCUT2D eigenvalue weighted by Gasteiger charge is -2.29. The Kier molecular flexibility index (Phi) is 4.18. The van der Waals surface area contributed by atoms with Gasteiger partial charge in [0.05, 0.1) is 17.5 Å². The molecule has 0 spiro atoms. The molecule has 6 nitrogen and oxygen atoms in total. The van der Waals surface area contributed by atoms with E-state index in [-0.39, 0.29) is 29.3 Å². The predicted molar refractivity (Wildman–Crippen MR) is 82.7 cm³/mol. The standard InChI is InChI=1S/C14H16ClNO5S/c15-8-14(17)16(11-3-6-22(18,19)9-11)10-1-2-12-13(7-10)21-5-4-20-12/h1-2,7,11H,3-6,8-9H2/t11-/m0/s1. The Morgan fingerprint density at radius 2 is 2.00 bits per heavy atom. The molecule has 1 amide bonds. The minimum Gasteiger partial charge on any atom is -0.486 e. The van der Waals surface area contributed by atoms with Gasteiger partial charge in [0.25, 0.3) is 0 Å². The van der Waals surface area contributed by atoms with E-state index in [9.17, 15) is 13.2 Å². The zero-order chi connectivity index (χ0) is 15.7. The third-order valence-electron chi connectivity index (χ3n) is 3.76. The van der Waals surface area contributed by atoms with Crippen LogP contribution in [0.4, 0.5) is 5.69 Å². The van der Waals surface area contributed by atoms with Crippen LogP contribution in [0, 0.1) is 0 Å². The van der Waals surface area contributed by atoms with E-state index in [4.69, 9.17) is 21.1 Å². The van der Waals surface area contributed by atoms with Crippen LogP contribution >= 0.6 is 11.6 Å². The van der Waals surface area contributed by atoms with E-state index < -0.39 is 9.84 Å². The summed E-state index contributed by atoms with van der Waals surface area (Å²) in [6.07, 6.45) is 0.416. The van der Waals surface area contributed by atoms with Gasteiger partial charge in [-0.05, 0) is 18.6 Å². The number of carbonyl (C=O) groups is 1. The van der Waals surface area contributed by atoms with Crippen molar-refractivity contribution < 1.29 is 22.7 Å². The Morgan fingerprint density at radius 1 is 1.27 bits per heavy atom. The van der Waals surface area contributed by atoms with E-state index in [1.165, 1.54) is 4.90 Å². The van der Waals surface area contributed by atoms with Gasteiger partial charge in [0.2, 0.25) is 5.91 Å². The fraction of sp³-hybridized carbons (Fsp3) is 0.500. The van der Waals surface area contributed by atoms with Crippen LogP contribution in [0.15, 0.2) is 18.2 Å². The molecule has 1 atom stereocenters. The second kappa shape index (κ2) is 5.96. The van der Waals surface area contributed by atoms with E-state index in [1.54, 1.807) is 18.2 Å². The Morgan fingerprint density at radius 3 is 2.64 bits per heavy atom. The van der Waals surface area contributed by atoms with Crippen LogP contribution in [-0.4, -0.2) is 51.0 Å². The monoisotopic (exact) mass is 345 g/mol. The molecule has 8 heteroatoms. The van der Waals surface area contributed by atoms with E-state index in [0.29, 0.717) is 36.8 Å². The first-order chi connectivity index (χ1) is 10.5. The molecule has 0 aromatic heterocycles. The Bertz CT molecular complexity index is 690. The maximum Gasteiger partial charge on any atom is 0.242 e. The summed E-state index contributed by atoms with van der Waals surface area (Å²) in [5.74, 6) is 0.702. The quantitative estimate of drug-likeness (QED) is 0.770. The third-order valence-corrected chi connectivity index (χ3v) is 5.74. The second-order valence-corrected chi connectivity index (χ2v) is 7.78. The molecule has 2 aliphatic rings. The molecule has 0 bridgehead atoms. The molecular formula is C14H16ClNO5S. The van der Waals surface area contributed by atoms with E-state index in [2.05, 4.69) is 0 Å². The van der Waals surface area contributed by atoms with Crippen LogP contribution in [-0.2, 0) is 14.6 Å². The van der Waals surface area contributed by atoms with Gasteiger partial charge in [-0.3, -0.25) is 4.79 Å². The summed E-state index contributed by atoms with van der Waals surface area (Å²) < 4.78 is 34.4. The fourth-order valence-electron chi connectivity index (χ4n) is 2.78. The van der Waals surface area contributed by atoms with E-state index >= 15 is 0 Å². The van der Waals surface area contributed by atoms with Crippen molar-refractivity contribution in [2.75, 3.05) is 35.5 Å². The lowest BCUT2D eigenvalue weighted by atomic mass is 10.1. The van der Waals surface area contributed by atoms with Gasteiger partial charge in [-0.1, -0.05) is 0 Å². The van der Waals surface area contributed by atoms with Crippen molar-refractivity contribution in [1.82, 2.24) is 0 Å². The van der Waals surface area contributed by atoms with Crippen molar-refractivity contribution in [3.63, 3.8) is 0 Å². The number of nitrogens with zero attached hydrogens (tertiary/aromatic N) is 1. The number of hydrogen-bond acceptors (Lipinski definition) is 5. The molecule has 1 aromatic rings. The van der Waals surface area contributed by atoms with E-state index in [0.717, 1.165) is 0 Å². The molecule has 2 aliphatic heterocycles. The van der Waals surface area contributed by atoms with Crippen LogP contribution < -0.4 is 14.4 Å². The first-order valence-corrected chi connectivity index (χ1v) is 9.34. The number of amides is 1. The van der Waals surface area contributed by atoms with Gasteiger partial charge in [-0.2, -0.15) is 0 Å². The molecule has 1 fully saturated rings. The summed E-state index contributed by atoms with van der Waals surface area (Å²) in [6, 6.07) is 4.76. The van der Waals surface area contributed by atoms with Gasteiger partial charge in [0.15, 0.2) is 21.3 Å². The minimum absolute atomic E-state index is 0.0376.